The number of nitrogens with one attached hydrogen (secondary N) is 2. The van der Waals surface area contributed by atoms with Crippen molar-refractivity contribution in [2.24, 2.45) is 5.73 Å². The summed E-state index contributed by atoms with van der Waals surface area (Å²) in [6, 6.07) is -1.04. The largest absolute Gasteiger partial charge is 0.356 e. The van der Waals surface area contributed by atoms with Gasteiger partial charge in [0.1, 0.15) is 0 Å². The molecule has 0 saturated carbocycles. The monoisotopic (exact) mass is 218 g/mol. The van der Waals surface area contributed by atoms with Crippen LogP contribution in [0.25, 0.3) is 0 Å². The predicted octanol–water partition coefficient (Wildman–Crippen LogP) is -1.46. The van der Waals surface area contributed by atoms with Gasteiger partial charge in [-0.2, -0.15) is 0 Å². The van der Waals surface area contributed by atoms with Crippen LogP contribution < -0.4 is 16.5 Å². The van der Waals surface area contributed by atoms with Gasteiger partial charge in [0.15, 0.2) is 5.03 Å². The maximum Gasteiger partial charge on any atom is 0.296 e. The second kappa shape index (κ2) is 6.71. The fourth-order valence-corrected chi connectivity index (χ4v) is 0.876. The fraction of sp³-hybridized carbons (Fsp3) is 0.714. The summed E-state index contributed by atoms with van der Waals surface area (Å²) in [4.78, 5) is 31.8. The minimum Gasteiger partial charge on any atom is -0.356 e. The molecule has 0 aliphatic rings. The van der Waals surface area contributed by atoms with Crippen molar-refractivity contribution in [3.8, 4) is 0 Å². The molecule has 4 N–H and O–H groups in total. The Bertz CT molecular complexity index is 255. The van der Waals surface area contributed by atoms with Gasteiger partial charge in [-0.25, -0.2) is 10.1 Å². The Morgan fingerprint density at radius 3 is 2.60 bits per heavy atom. The smallest absolute Gasteiger partial charge is 0.296 e. The van der Waals surface area contributed by atoms with Gasteiger partial charge >= 0.3 is 0 Å². The number of carbonyl (C=O) groups excluding carboxylic acids is 2. The number of hydrazine groups is 1. The van der Waals surface area contributed by atoms with Crippen molar-refractivity contribution in [1.29, 1.82) is 0 Å². The first-order chi connectivity index (χ1) is 6.97. The van der Waals surface area contributed by atoms with Crippen LogP contribution in [0.2, 0.25) is 0 Å². The molecule has 8 nitrogen and oxygen atoms in total. The third kappa shape index (κ3) is 6.38. The van der Waals surface area contributed by atoms with Gasteiger partial charge in [-0.05, 0) is 13.3 Å². The lowest BCUT2D eigenvalue weighted by Crippen LogP contribution is -2.43. The third-order valence-corrected chi connectivity index (χ3v) is 1.59. The van der Waals surface area contributed by atoms with Crippen LogP contribution in [0.5, 0.6) is 0 Å². The lowest BCUT2D eigenvalue weighted by molar-refractivity contribution is -0.530. The lowest BCUT2D eigenvalue weighted by Gasteiger charge is -2.07. The molecule has 1 unspecified atom stereocenters. The van der Waals surface area contributed by atoms with Gasteiger partial charge in [-0.15, -0.1) is 0 Å². The Kier molecular flexibility index (Phi) is 5.95. The highest BCUT2D eigenvalue weighted by Gasteiger charge is 2.18. The van der Waals surface area contributed by atoms with Crippen LogP contribution in [0.15, 0.2) is 0 Å². The first kappa shape index (κ1) is 13.3. The summed E-state index contributed by atoms with van der Waals surface area (Å²) in [5.41, 5.74) is 6.74. The van der Waals surface area contributed by atoms with Gasteiger partial charge < -0.3 is 11.1 Å². The van der Waals surface area contributed by atoms with E-state index in [1.807, 2.05) is 0 Å². The van der Waals surface area contributed by atoms with Gasteiger partial charge in [0.05, 0.1) is 6.04 Å². The molecule has 1 atom stereocenters. The minimum atomic E-state index is -1.04. The number of nitrogens with zero attached hydrogens (tertiary/aromatic N) is 1. The molecular formula is C7H14N4O4. The maximum absolute atomic E-state index is 11.0. The molecule has 0 aliphatic carbocycles. The van der Waals surface area contributed by atoms with Crippen molar-refractivity contribution < 1.29 is 14.6 Å². The highest BCUT2D eigenvalue weighted by atomic mass is 16.7. The summed E-state index contributed by atoms with van der Waals surface area (Å²) >= 11 is 0. The first-order valence-corrected chi connectivity index (χ1v) is 4.44. The minimum absolute atomic E-state index is 0.0696. The molecule has 15 heavy (non-hydrogen) atoms. The summed E-state index contributed by atoms with van der Waals surface area (Å²) in [5.74, 6) is -1.13. The summed E-state index contributed by atoms with van der Waals surface area (Å²) < 4.78 is 0. The number of amides is 2. The quantitative estimate of drug-likeness (QED) is 0.370. The van der Waals surface area contributed by atoms with E-state index in [0.717, 1.165) is 0 Å². The van der Waals surface area contributed by atoms with Gasteiger partial charge in [-0.1, -0.05) is 5.43 Å². The van der Waals surface area contributed by atoms with Crippen molar-refractivity contribution in [3.63, 3.8) is 0 Å². The number of hydrogen-bond donors (Lipinski definition) is 3. The van der Waals surface area contributed by atoms with Gasteiger partial charge in [-0.3, -0.25) is 9.59 Å². The fourth-order valence-electron chi connectivity index (χ4n) is 0.876. The van der Waals surface area contributed by atoms with Gasteiger partial charge in [0.25, 0.3) is 5.91 Å². The molecule has 8 heteroatoms. The number of nitro groups is 1. The van der Waals surface area contributed by atoms with Crippen LogP contribution in [0.4, 0.5) is 0 Å². The van der Waals surface area contributed by atoms with Crippen molar-refractivity contribution in [2.75, 3.05) is 6.54 Å². The molecule has 0 aromatic rings. The van der Waals surface area contributed by atoms with E-state index < -0.39 is 17.0 Å². The zero-order valence-corrected chi connectivity index (χ0v) is 8.36. The molecule has 0 aliphatic heterocycles. The maximum atomic E-state index is 11.0. The van der Waals surface area contributed by atoms with E-state index in [4.69, 9.17) is 5.73 Å². The highest BCUT2D eigenvalue weighted by Crippen LogP contribution is 1.94. The SMILES string of the molecule is CCNC(=O)CCC(N)C(=O)N[N+](=O)[O-]. The molecule has 0 heterocycles. The van der Waals surface area contributed by atoms with Crippen LogP contribution >= 0.6 is 0 Å². The van der Waals surface area contributed by atoms with E-state index in [2.05, 4.69) is 5.32 Å². The molecular weight excluding hydrogens is 204 g/mol. The molecule has 0 spiro atoms. The number of rotatable bonds is 6. The van der Waals surface area contributed by atoms with Gasteiger partial charge in [0.2, 0.25) is 5.91 Å². The Balaban J connectivity index is 3.82. The molecule has 2 amide bonds. The van der Waals surface area contributed by atoms with E-state index in [1.54, 1.807) is 6.92 Å². The van der Waals surface area contributed by atoms with Crippen LogP contribution in [-0.4, -0.2) is 29.4 Å². The van der Waals surface area contributed by atoms with Crippen molar-refractivity contribution in [1.82, 2.24) is 10.7 Å². The lowest BCUT2D eigenvalue weighted by atomic mass is 10.1. The second-order valence-electron chi connectivity index (χ2n) is 2.83. The molecule has 0 saturated heterocycles. The summed E-state index contributed by atoms with van der Waals surface area (Å²) in [6.45, 7) is 2.26. The van der Waals surface area contributed by atoms with Crippen LogP contribution in [0.1, 0.15) is 19.8 Å². The first-order valence-electron chi connectivity index (χ1n) is 4.44. The standard InChI is InChI=1S/C7H14N4O4/c1-2-9-6(12)4-3-5(8)7(13)10-11(14)15/h5H,2-4,8H2,1H3,(H,9,12)(H,10,13). The summed E-state index contributed by atoms with van der Waals surface area (Å²) in [5, 5.41) is 11.4. The molecule has 0 fully saturated rings. The molecule has 0 bridgehead atoms. The van der Waals surface area contributed by atoms with Crippen molar-refractivity contribution in [3.05, 3.63) is 10.1 Å². The van der Waals surface area contributed by atoms with Crippen LogP contribution in [0.3, 0.4) is 0 Å². The van der Waals surface area contributed by atoms with E-state index >= 15 is 0 Å². The predicted molar refractivity (Wildman–Crippen MR) is 51.0 cm³/mol. The molecule has 86 valence electrons. The van der Waals surface area contributed by atoms with E-state index in [0.29, 0.717) is 6.54 Å². The summed E-state index contributed by atoms with van der Waals surface area (Å²) in [6.07, 6.45) is 0.144. The zero-order chi connectivity index (χ0) is 11.8. The molecule has 0 radical (unpaired) electrons. The number of nitrogens with two attached hydrogens (primary N) is 1. The van der Waals surface area contributed by atoms with Crippen LogP contribution in [-0.2, 0) is 9.59 Å². The molecule has 0 aromatic carbocycles. The zero-order valence-electron chi connectivity index (χ0n) is 8.36. The highest BCUT2D eigenvalue weighted by molar-refractivity contribution is 5.82. The van der Waals surface area contributed by atoms with E-state index in [-0.39, 0.29) is 18.7 Å². The normalized spacial score (nSPS) is 11.6. The number of carbonyl (C=O) groups is 2. The summed E-state index contributed by atoms with van der Waals surface area (Å²) in [7, 11) is 0. The topological polar surface area (TPSA) is 127 Å². The second-order valence-corrected chi connectivity index (χ2v) is 2.83. The van der Waals surface area contributed by atoms with Crippen molar-refractivity contribution >= 4 is 11.8 Å². The van der Waals surface area contributed by atoms with Gasteiger partial charge in [0, 0.05) is 13.0 Å². The van der Waals surface area contributed by atoms with E-state index in [1.165, 1.54) is 5.43 Å². The Labute approximate surface area is 86.3 Å². The average molecular weight is 218 g/mol. The Hall–Kier alpha value is -1.70. The molecule has 0 rings (SSSR count). The average Bonchev–Trinajstić information content (AvgIpc) is 2.13. The third-order valence-electron chi connectivity index (χ3n) is 1.59. The number of hydrogen-bond acceptors (Lipinski definition) is 5. The Morgan fingerprint density at radius 2 is 2.13 bits per heavy atom. The van der Waals surface area contributed by atoms with Crippen LogP contribution in [0, 0.1) is 10.1 Å². The Morgan fingerprint density at radius 1 is 1.53 bits per heavy atom. The molecule has 0 aromatic heterocycles. The van der Waals surface area contributed by atoms with E-state index in [9.17, 15) is 19.7 Å². The van der Waals surface area contributed by atoms with Crippen molar-refractivity contribution in [2.45, 2.75) is 25.8 Å².